The second kappa shape index (κ2) is 9.87. The Kier molecular flexibility index (Phi) is 7.84. The number of ether oxygens (including phenoxy) is 1. The van der Waals surface area contributed by atoms with Crippen LogP contribution in [-0.4, -0.2) is 47.9 Å². The van der Waals surface area contributed by atoms with E-state index in [-0.39, 0.29) is 12.4 Å². The summed E-state index contributed by atoms with van der Waals surface area (Å²) in [5.41, 5.74) is 7.82. The van der Waals surface area contributed by atoms with Crippen LogP contribution in [0, 0.1) is 0 Å². The summed E-state index contributed by atoms with van der Waals surface area (Å²) in [7, 11) is 2.10. The van der Waals surface area contributed by atoms with Crippen LogP contribution < -0.4 is 5.73 Å². The molecule has 25 heavy (non-hydrogen) atoms. The highest BCUT2D eigenvalue weighted by molar-refractivity contribution is 5.85. The maximum Gasteiger partial charge on any atom is 0.241 e. The summed E-state index contributed by atoms with van der Waals surface area (Å²) in [6.45, 7) is 3.06. The topological polar surface area (TPSA) is 77.4 Å². The second-order valence-corrected chi connectivity index (χ2v) is 6.36. The van der Waals surface area contributed by atoms with Gasteiger partial charge in [-0.1, -0.05) is 29.4 Å². The first kappa shape index (κ1) is 19.8. The molecule has 2 heterocycles. The third kappa shape index (κ3) is 5.51. The van der Waals surface area contributed by atoms with E-state index in [0.717, 1.165) is 51.0 Å². The zero-order valence-corrected chi connectivity index (χ0v) is 15.5. The van der Waals surface area contributed by atoms with Crippen LogP contribution in [0.1, 0.15) is 30.7 Å². The molecule has 1 aliphatic rings. The molecule has 0 atom stereocenters. The molecule has 138 valence electrons. The van der Waals surface area contributed by atoms with Crippen LogP contribution in [-0.2, 0) is 17.7 Å². The van der Waals surface area contributed by atoms with E-state index < -0.39 is 0 Å². The zero-order chi connectivity index (χ0) is 16.8. The number of aryl methyl sites for hydroxylation is 1. The number of nitrogens with two attached hydrogens (primary N) is 1. The van der Waals surface area contributed by atoms with Crippen molar-refractivity contribution < 1.29 is 9.26 Å². The van der Waals surface area contributed by atoms with Gasteiger partial charge in [-0.2, -0.15) is 4.98 Å². The van der Waals surface area contributed by atoms with E-state index in [4.69, 9.17) is 15.0 Å². The van der Waals surface area contributed by atoms with E-state index in [1.165, 1.54) is 5.56 Å². The smallest absolute Gasteiger partial charge is 0.241 e. The van der Waals surface area contributed by atoms with Crippen LogP contribution in [0.15, 0.2) is 28.8 Å². The fourth-order valence-corrected chi connectivity index (χ4v) is 3.03. The largest absolute Gasteiger partial charge is 0.381 e. The van der Waals surface area contributed by atoms with Gasteiger partial charge in [0, 0.05) is 24.8 Å². The average Bonchev–Trinajstić information content (AvgIpc) is 3.09. The molecule has 1 aromatic carbocycles. The Morgan fingerprint density at radius 1 is 1.20 bits per heavy atom. The Morgan fingerprint density at radius 2 is 1.92 bits per heavy atom. The van der Waals surface area contributed by atoms with E-state index in [0.29, 0.717) is 24.3 Å². The van der Waals surface area contributed by atoms with Gasteiger partial charge in [0.05, 0.1) is 6.54 Å². The molecule has 0 spiro atoms. The lowest BCUT2D eigenvalue weighted by Crippen LogP contribution is -2.36. The van der Waals surface area contributed by atoms with Gasteiger partial charge in [-0.25, -0.2) is 0 Å². The molecule has 0 aliphatic carbocycles. The predicted octanol–water partition coefficient (Wildman–Crippen LogP) is 2.66. The molecule has 0 radical (unpaired) electrons. The molecule has 0 saturated carbocycles. The SMILES string of the molecule is CN(Cc1nc(-c2ccc(CCCN)cc2)no1)C1CCOCC1.Cl. The summed E-state index contributed by atoms with van der Waals surface area (Å²) in [5.74, 6) is 1.31. The van der Waals surface area contributed by atoms with Crippen LogP contribution in [0.5, 0.6) is 0 Å². The average molecular weight is 367 g/mol. The minimum atomic E-state index is 0. The predicted molar refractivity (Wildman–Crippen MR) is 99.7 cm³/mol. The Balaban J connectivity index is 0.00000225. The van der Waals surface area contributed by atoms with Gasteiger partial charge in [-0.05, 0) is 44.8 Å². The molecule has 2 N–H and O–H groups in total. The van der Waals surface area contributed by atoms with Crippen molar-refractivity contribution in [3.63, 3.8) is 0 Å². The fourth-order valence-electron chi connectivity index (χ4n) is 3.03. The van der Waals surface area contributed by atoms with E-state index in [2.05, 4.69) is 34.2 Å². The number of benzene rings is 1. The highest BCUT2D eigenvalue weighted by Crippen LogP contribution is 2.19. The molecular formula is C18H27ClN4O2. The Labute approximate surface area is 155 Å². The molecule has 2 aromatic rings. The summed E-state index contributed by atoms with van der Waals surface area (Å²) in [5, 5.41) is 4.12. The van der Waals surface area contributed by atoms with Gasteiger partial charge in [0.2, 0.25) is 11.7 Å². The molecule has 6 nitrogen and oxygen atoms in total. The lowest BCUT2D eigenvalue weighted by Gasteiger charge is -2.29. The third-order valence-corrected chi connectivity index (χ3v) is 4.55. The number of aromatic nitrogens is 2. The van der Waals surface area contributed by atoms with Gasteiger partial charge in [-0.15, -0.1) is 12.4 Å². The van der Waals surface area contributed by atoms with E-state index >= 15 is 0 Å². The van der Waals surface area contributed by atoms with Crippen LogP contribution in [0.4, 0.5) is 0 Å². The maximum atomic E-state index is 5.55. The van der Waals surface area contributed by atoms with Crippen LogP contribution in [0.2, 0.25) is 0 Å². The first-order chi connectivity index (χ1) is 11.8. The maximum absolute atomic E-state index is 5.55. The van der Waals surface area contributed by atoms with Gasteiger partial charge in [0.25, 0.3) is 0 Å². The van der Waals surface area contributed by atoms with Gasteiger partial charge in [-0.3, -0.25) is 4.90 Å². The second-order valence-electron chi connectivity index (χ2n) is 6.36. The molecule has 1 aliphatic heterocycles. The van der Waals surface area contributed by atoms with E-state index in [1.54, 1.807) is 0 Å². The van der Waals surface area contributed by atoms with Crippen molar-refractivity contribution >= 4 is 12.4 Å². The van der Waals surface area contributed by atoms with Crippen molar-refractivity contribution in [2.75, 3.05) is 26.8 Å². The van der Waals surface area contributed by atoms with Crippen molar-refractivity contribution in [2.24, 2.45) is 5.73 Å². The third-order valence-electron chi connectivity index (χ3n) is 4.55. The molecular weight excluding hydrogens is 340 g/mol. The quantitative estimate of drug-likeness (QED) is 0.811. The van der Waals surface area contributed by atoms with Crippen LogP contribution >= 0.6 is 12.4 Å². The minimum Gasteiger partial charge on any atom is -0.381 e. The van der Waals surface area contributed by atoms with Crippen molar-refractivity contribution in [1.82, 2.24) is 15.0 Å². The Hall–Kier alpha value is -1.47. The lowest BCUT2D eigenvalue weighted by molar-refractivity contribution is 0.0376. The zero-order valence-electron chi connectivity index (χ0n) is 14.7. The van der Waals surface area contributed by atoms with Gasteiger partial charge < -0.3 is 15.0 Å². The molecule has 1 aromatic heterocycles. The number of hydrogen-bond acceptors (Lipinski definition) is 6. The van der Waals surface area contributed by atoms with Crippen LogP contribution in [0.3, 0.4) is 0 Å². The fraction of sp³-hybridized carbons (Fsp3) is 0.556. The van der Waals surface area contributed by atoms with Crippen LogP contribution in [0.25, 0.3) is 11.4 Å². The molecule has 0 unspecified atom stereocenters. The lowest BCUT2D eigenvalue weighted by atomic mass is 10.1. The Bertz CT molecular complexity index is 626. The number of halogens is 1. The first-order valence-corrected chi connectivity index (χ1v) is 8.66. The monoisotopic (exact) mass is 366 g/mol. The van der Waals surface area contributed by atoms with E-state index in [9.17, 15) is 0 Å². The van der Waals surface area contributed by atoms with Gasteiger partial charge in [0.1, 0.15) is 0 Å². The van der Waals surface area contributed by atoms with E-state index in [1.807, 2.05) is 12.1 Å². The normalized spacial score (nSPS) is 15.3. The first-order valence-electron chi connectivity index (χ1n) is 8.66. The molecule has 0 amide bonds. The molecule has 3 rings (SSSR count). The van der Waals surface area contributed by atoms with Crippen molar-refractivity contribution in [1.29, 1.82) is 0 Å². The molecule has 1 fully saturated rings. The van der Waals surface area contributed by atoms with Crippen molar-refractivity contribution in [2.45, 2.75) is 38.3 Å². The summed E-state index contributed by atoms with van der Waals surface area (Å²) in [6, 6.07) is 8.83. The van der Waals surface area contributed by atoms with Crippen molar-refractivity contribution in [3.8, 4) is 11.4 Å². The highest BCUT2D eigenvalue weighted by atomic mass is 35.5. The summed E-state index contributed by atoms with van der Waals surface area (Å²) < 4.78 is 10.8. The summed E-state index contributed by atoms with van der Waals surface area (Å²) >= 11 is 0. The number of hydrogen-bond donors (Lipinski definition) is 1. The van der Waals surface area contributed by atoms with Gasteiger partial charge in [0.15, 0.2) is 0 Å². The summed E-state index contributed by atoms with van der Waals surface area (Å²) in [4.78, 5) is 6.81. The molecule has 0 bridgehead atoms. The number of nitrogens with zero attached hydrogens (tertiary/aromatic N) is 3. The molecule has 1 saturated heterocycles. The van der Waals surface area contributed by atoms with Crippen molar-refractivity contribution in [3.05, 3.63) is 35.7 Å². The number of rotatable bonds is 7. The van der Waals surface area contributed by atoms with Gasteiger partial charge >= 0.3 is 0 Å². The molecule has 7 heteroatoms. The summed E-state index contributed by atoms with van der Waals surface area (Å²) in [6.07, 6.45) is 4.12. The standard InChI is InChI=1S/C18H26N4O2.ClH/c1-22(16-8-11-23-12-9-16)13-17-20-18(21-24-17)15-6-4-14(5-7-15)3-2-10-19;/h4-7,16H,2-3,8-13,19H2,1H3;1H. The highest BCUT2D eigenvalue weighted by Gasteiger charge is 2.20. The minimum absolute atomic E-state index is 0. The Morgan fingerprint density at radius 3 is 2.60 bits per heavy atom.